The number of nitrogens with zero attached hydrogens (tertiary/aromatic N) is 1. The number of amides is 3. The Hall–Kier alpha value is -1.69. The molecular formula is C18H25N3O3. The summed E-state index contributed by atoms with van der Waals surface area (Å²) >= 11 is 0. The summed E-state index contributed by atoms with van der Waals surface area (Å²) in [7, 11) is 0. The number of fused-ring (bicyclic) bond motifs is 5. The number of imide groups is 1. The smallest absolute Gasteiger partial charge is 0.233 e. The van der Waals surface area contributed by atoms with Crippen LogP contribution < -0.4 is 10.6 Å². The van der Waals surface area contributed by atoms with E-state index >= 15 is 0 Å². The molecule has 2 N–H and O–H groups in total. The molecule has 0 aromatic rings. The monoisotopic (exact) mass is 331 g/mol. The molecule has 1 saturated carbocycles. The highest BCUT2D eigenvalue weighted by Crippen LogP contribution is 2.52. The van der Waals surface area contributed by atoms with Gasteiger partial charge in [-0.1, -0.05) is 12.2 Å². The zero-order chi connectivity index (χ0) is 16.7. The third-order valence-electron chi connectivity index (χ3n) is 6.16. The second-order valence-electron chi connectivity index (χ2n) is 7.58. The average molecular weight is 331 g/mol. The zero-order valence-corrected chi connectivity index (χ0v) is 13.9. The first-order valence-corrected chi connectivity index (χ1v) is 9.16. The number of nitrogens with one attached hydrogen (secondary N) is 2. The van der Waals surface area contributed by atoms with Crippen molar-refractivity contribution in [2.75, 3.05) is 26.2 Å². The van der Waals surface area contributed by atoms with Gasteiger partial charge in [0.15, 0.2) is 0 Å². The summed E-state index contributed by atoms with van der Waals surface area (Å²) in [5, 5.41) is 6.16. The van der Waals surface area contributed by atoms with Crippen LogP contribution in [0.3, 0.4) is 0 Å². The maximum absolute atomic E-state index is 12.5. The Labute approximate surface area is 142 Å². The van der Waals surface area contributed by atoms with Crippen LogP contribution in [0.5, 0.6) is 0 Å². The molecule has 6 nitrogen and oxygen atoms in total. The minimum atomic E-state index is -0.141. The minimum absolute atomic E-state index is 0.0166. The Morgan fingerprint density at radius 3 is 2.54 bits per heavy atom. The van der Waals surface area contributed by atoms with E-state index in [0.29, 0.717) is 25.4 Å². The van der Waals surface area contributed by atoms with Crippen LogP contribution in [0.25, 0.3) is 0 Å². The van der Waals surface area contributed by atoms with E-state index in [9.17, 15) is 14.4 Å². The van der Waals surface area contributed by atoms with Gasteiger partial charge >= 0.3 is 0 Å². The van der Waals surface area contributed by atoms with Crippen molar-refractivity contribution in [1.29, 1.82) is 0 Å². The molecule has 130 valence electrons. The largest absolute Gasteiger partial charge is 0.354 e. The fraction of sp³-hybridized carbons (Fsp3) is 0.722. The average Bonchev–Trinajstić information content (AvgIpc) is 3.33. The Bertz CT molecular complexity index is 552. The molecule has 2 saturated heterocycles. The molecule has 4 aliphatic rings. The lowest BCUT2D eigenvalue weighted by Crippen LogP contribution is -2.39. The van der Waals surface area contributed by atoms with Gasteiger partial charge in [0, 0.05) is 19.5 Å². The summed E-state index contributed by atoms with van der Waals surface area (Å²) in [6.07, 6.45) is 7.71. The molecule has 2 bridgehead atoms. The lowest BCUT2D eigenvalue weighted by molar-refractivity contribution is -0.141. The number of carbonyl (C=O) groups is 3. The van der Waals surface area contributed by atoms with Gasteiger partial charge in [0.25, 0.3) is 0 Å². The van der Waals surface area contributed by atoms with Crippen LogP contribution in [-0.2, 0) is 14.4 Å². The third kappa shape index (κ3) is 2.66. The van der Waals surface area contributed by atoms with Crippen molar-refractivity contribution in [2.45, 2.75) is 25.7 Å². The normalized spacial score (nSPS) is 36.7. The minimum Gasteiger partial charge on any atom is -0.354 e. The number of hydrogen-bond acceptors (Lipinski definition) is 4. The second kappa shape index (κ2) is 6.31. The molecule has 24 heavy (non-hydrogen) atoms. The fourth-order valence-corrected chi connectivity index (χ4v) is 4.88. The SMILES string of the molecule is O=C(CCC1CCNC1)NCCN1C(=O)C2C3C=CC(C3)C2C1=O. The van der Waals surface area contributed by atoms with E-state index in [2.05, 4.69) is 22.8 Å². The highest BCUT2D eigenvalue weighted by molar-refractivity contribution is 6.06. The molecule has 4 rings (SSSR count). The summed E-state index contributed by atoms with van der Waals surface area (Å²) in [6.45, 7) is 2.72. The molecule has 3 amide bonds. The van der Waals surface area contributed by atoms with E-state index < -0.39 is 0 Å². The molecule has 2 aliphatic heterocycles. The third-order valence-corrected chi connectivity index (χ3v) is 6.16. The van der Waals surface area contributed by atoms with Crippen molar-refractivity contribution in [3.8, 4) is 0 Å². The zero-order valence-electron chi connectivity index (χ0n) is 13.9. The molecule has 0 aromatic carbocycles. The van der Waals surface area contributed by atoms with E-state index in [4.69, 9.17) is 0 Å². The molecule has 6 heteroatoms. The molecule has 2 aliphatic carbocycles. The van der Waals surface area contributed by atoms with Gasteiger partial charge in [-0.3, -0.25) is 19.3 Å². The Morgan fingerprint density at radius 2 is 1.92 bits per heavy atom. The highest BCUT2D eigenvalue weighted by Gasteiger charge is 2.58. The van der Waals surface area contributed by atoms with Crippen LogP contribution in [0.4, 0.5) is 0 Å². The Kier molecular flexibility index (Phi) is 4.16. The molecule has 0 radical (unpaired) electrons. The van der Waals surface area contributed by atoms with Crippen molar-refractivity contribution in [1.82, 2.24) is 15.5 Å². The maximum atomic E-state index is 12.5. The van der Waals surface area contributed by atoms with E-state index in [-0.39, 0.29) is 41.4 Å². The maximum Gasteiger partial charge on any atom is 0.233 e. The number of rotatable bonds is 6. The first kappa shape index (κ1) is 15.8. The molecule has 0 spiro atoms. The molecule has 5 atom stereocenters. The quantitative estimate of drug-likeness (QED) is 0.542. The van der Waals surface area contributed by atoms with Gasteiger partial charge in [-0.25, -0.2) is 0 Å². The predicted molar refractivity (Wildman–Crippen MR) is 87.7 cm³/mol. The summed E-state index contributed by atoms with van der Waals surface area (Å²) in [5.41, 5.74) is 0. The second-order valence-corrected chi connectivity index (χ2v) is 7.58. The van der Waals surface area contributed by atoms with Crippen LogP contribution in [0.15, 0.2) is 12.2 Å². The van der Waals surface area contributed by atoms with Crippen LogP contribution in [0.2, 0.25) is 0 Å². The number of carbonyl (C=O) groups excluding carboxylic acids is 3. The molecule has 2 heterocycles. The van der Waals surface area contributed by atoms with Crippen molar-refractivity contribution in [3.05, 3.63) is 12.2 Å². The number of hydrogen-bond donors (Lipinski definition) is 2. The van der Waals surface area contributed by atoms with E-state index in [1.165, 1.54) is 4.90 Å². The molecule has 5 unspecified atom stereocenters. The van der Waals surface area contributed by atoms with E-state index in [1.54, 1.807) is 0 Å². The van der Waals surface area contributed by atoms with Gasteiger partial charge in [-0.2, -0.15) is 0 Å². The van der Waals surface area contributed by atoms with Crippen molar-refractivity contribution in [2.24, 2.45) is 29.6 Å². The fourth-order valence-electron chi connectivity index (χ4n) is 4.88. The lowest BCUT2D eigenvalue weighted by atomic mass is 9.85. The van der Waals surface area contributed by atoms with Gasteiger partial charge in [0.2, 0.25) is 17.7 Å². The van der Waals surface area contributed by atoms with Crippen LogP contribution in [-0.4, -0.2) is 48.8 Å². The molecule has 3 fully saturated rings. The molecular weight excluding hydrogens is 306 g/mol. The predicted octanol–water partition coefficient (Wildman–Crippen LogP) is 0.299. The Balaban J connectivity index is 1.23. The van der Waals surface area contributed by atoms with Crippen LogP contribution in [0.1, 0.15) is 25.7 Å². The summed E-state index contributed by atoms with van der Waals surface area (Å²) < 4.78 is 0. The summed E-state index contributed by atoms with van der Waals surface area (Å²) in [4.78, 5) is 38.3. The topological polar surface area (TPSA) is 78.5 Å². The first-order chi connectivity index (χ1) is 11.6. The van der Waals surface area contributed by atoms with Crippen molar-refractivity contribution >= 4 is 17.7 Å². The van der Waals surface area contributed by atoms with Gasteiger partial charge < -0.3 is 10.6 Å². The highest BCUT2D eigenvalue weighted by atomic mass is 16.2. The summed E-state index contributed by atoms with van der Waals surface area (Å²) in [5.74, 6) is 0.757. The number of likely N-dealkylation sites (tertiary alicyclic amines) is 1. The van der Waals surface area contributed by atoms with Crippen molar-refractivity contribution in [3.63, 3.8) is 0 Å². The van der Waals surface area contributed by atoms with E-state index in [0.717, 1.165) is 32.4 Å². The van der Waals surface area contributed by atoms with Gasteiger partial charge in [-0.15, -0.1) is 0 Å². The van der Waals surface area contributed by atoms with E-state index in [1.807, 2.05) is 0 Å². The summed E-state index contributed by atoms with van der Waals surface area (Å²) in [6, 6.07) is 0. The Morgan fingerprint density at radius 1 is 1.21 bits per heavy atom. The lowest BCUT2D eigenvalue weighted by Gasteiger charge is -2.17. The van der Waals surface area contributed by atoms with Gasteiger partial charge in [0.05, 0.1) is 11.8 Å². The standard InChI is InChI=1S/C18H25N3O3/c22-14(4-1-11-5-6-19-10-11)20-7-8-21-17(23)15-12-2-3-13(9-12)16(15)18(21)24/h2-3,11-13,15-16,19H,1,4-10H2,(H,20,22). The number of allylic oxidation sites excluding steroid dienone is 2. The van der Waals surface area contributed by atoms with Crippen LogP contribution in [0, 0.1) is 29.6 Å². The molecule has 0 aromatic heterocycles. The van der Waals surface area contributed by atoms with Crippen molar-refractivity contribution < 1.29 is 14.4 Å². The first-order valence-electron chi connectivity index (χ1n) is 9.16. The van der Waals surface area contributed by atoms with Gasteiger partial charge in [-0.05, 0) is 50.1 Å². The van der Waals surface area contributed by atoms with Crippen LogP contribution >= 0.6 is 0 Å². The van der Waals surface area contributed by atoms with Gasteiger partial charge in [0.1, 0.15) is 0 Å².